The predicted octanol–water partition coefficient (Wildman–Crippen LogP) is 1.74. The van der Waals surface area contributed by atoms with E-state index in [0.717, 1.165) is 32.1 Å². The normalized spacial score (nSPS) is 27.2. The van der Waals surface area contributed by atoms with Crippen LogP contribution in [0.4, 0.5) is 0 Å². The number of aliphatic hydroxyl groups excluding tert-OH is 1. The lowest BCUT2D eigenvalue weighted by Crippen LogP contribution is -2.55. The first-order valence-corrected chi connectivity index (χ1v) is 8.81. The summed E-state index contributed by atoms with van der Waals surface area (Å²) in [7, 11) is 0. The first-order valence-electron chi connectivity index (χ1n) is 8.81. The summed E-state index contributed by atoms with van der Waals surface area (Å²) in [5.74, 6) is 0.239. The molecule has 0 aromatic rings. The van der Waals surface area contributed by atoms with Crippen LogP contribution >= 0.6 is 0 Å². The highest BCUT2D eigenvalue weighted by molar-refractivity contribution is 5.89. The van der Waals surface area contributed by atoms with Gasteiger partial charge in [-0.15, -0.1) is 0 Å². The minimum Gasteiger partial charge on any atom is -0.391 e. The van der Waals surface area contributed by atoms with E-state index in [1.807, 2.05) is 0 Å². The molecule has 2 aliphatic carbocycles. The zero-order valence-electron chi connectivity index (χ0n) is 13.8. The molecule has 0 aliphatic heterocycles. The Balaban J connectivity index is 1.87. The molecule has 5 nitrogen and oxygen atoms in total. The summed E-state index contributed by atoms with van der Waals surface area (Å²) < 4.78 is 0. The van der Waals surface area contributed by atoms with Crippen molar-refractivity contribution in [2.75, 3.05) is 0 Å². The molecule has 4 unspecified atom stereocenters. The Morgan fingerprint density at radius 2 is 1.95 bits per heavy atom. The predicted molar refractivity (Wildman–Crippen MR) is 85.1 cm³/mol. The molecule has 0 radical (unpaired) electrons. The van der Waals surface area contributed by atoms with Gasteiger partial charge in [-0.1, -0.05) is 26.2 Å². The largest absolute Gasteiger partial charge is 0.391 e. The van der Waals surface area contributed by atoms with Gasteiger partial charge < -0.3 is 15.7 Å². The lowest BCUT2D eigenvalue weighted by atomic mass is 9.96. The van der Waals surface area contributed by atoms with Crippen LogP contribution < -0.4 is 10.6 Å². The van der Waals surface area contributed by atoms with Crippen LogP contribution in [0.15, 0.2) is 0 Å². The van der Waals surface area contributed by atoms with Gasteiger partial charge in [-0.3, -0.25) is 9.59 Å². The summed E-state index contributed by atoms with van der Waals surface area (Å²) in [6.45, 7) is 3.74. The van der Waals surface area contributed by atoms with Gasteiger partial charge in [-0.05, 0) is 44.9 Å². The first-order chi connectivity index (χ1) is 10.5. The van der Waals surface area contributed by atoms with E-state index in [4.69, 9.17) is 0 Å². The summed E-state index contributed by atoms with van der Waals surface area (Å²) in [5, 5.41) is 15.6. The molecule has 0 aromatic heterocycles. The summed E-state index contributed by atoms with van der Waals surface area (Å²) in [6.07, 6.45) is 7.73. The Bertz CT molecular complexity index is 393. The van der Waals surface area contributed by atoms with E-state index < -0.39 is 12.1 Å². The molecule has 0 bridgehead atoms. The van der Waals surface area contributed by atoms with Crippen molar-refractivity contribution in [3.63, 3.8) is 0 Å². The zero-order chi connectivity index (χ0) is 16.1. The maximum absolute atomic E-state index is 12.5. The fourth-order valence-corrected chi connectivity index (χ4v) is 3.33. The molecule has 2 amide bonds. The van der Waals surface area contributed by atoms with E-state index in [-0.39, 0.29) is 23.8 Å². The van der Waals surface area contributed by atoms with Crippen molar-refractivity contribution < 1.29 is 14.7 Å². The number of carbonyl (C=O) groups excluding carboxylic acids is 2. The topological polar surface area (TPSA) is 78.4 Å². The molecule has 0 spiro atoms. The Morgan fingerprint density at radius 1 is 1.23 bits per heavy atom. The molecule has 0 aromatic carbocycles. The molecule has 126 valence electrons. The van der Waals surface area contributed by atoms with Gasteiger partial charge in [0, 0.05) is 12.0 Å². The van der Waals surface area contributed by atoms with Gasteiger partial charge in [0.05, 0.1) is 6.10 Å². The third-order valence-electron chi connectivity index (χ3n) is 4.93. The van der Waals surface area contributed by atoms with Crippen LogP contribution in [0, 0.1) is 11.8 Å². The van der Waals surface area contributed by atoms with Crippen molar-refractivity contribution in [1.29, 1.82) is 0 Å². The molecule has 2 aliphatic rings. The highest BCUT2D eigenvalue weighted by Crippen LogP contribution is 2.30. The maximum Gasteiger partial charge on any atom is 0.245 e. The van der Waals surface area contributed by atoms with Gasteiger partial charge >= 0.3 is 0 Å². The summed E-state index contributed by atoms with van der Waals surface area (Å²) >= 11 is 0. The number of aliphatic hydroxyl groups is 1. The van der Waals surface area contributed by atoms with Crippen LogP contribution in [0.1, 0.15) is 65.2 Å². The number of nitrogens with one attached hydrogen (secondary N) is 2. The van der Waals surface area contributed by atoms with Gasteiger partial charge in [0.2, 0.25) is 11.8 Å². The lowest BCUT2D eigenvalue weighted by molar-refractivity contribution is -0.132. The molecule has 2 saturated carbocycles. The summed E-state index contributed by atoms with van der Waals surface area (Å²) in [5.41, 5.74) is 0. The van der Waals surface area contributed by atoms with Crippen molar-refractivity contribution in [1.82, 2.24) is 10.6 Å². The third kappa shape index (κ3) is 4.70. The molecule has 4 atom stereocenters. The van der Waals surface area contributed by atoms with Gasteiger partial charge in [-0.25, -0.2) is 0 Å². The lowest BCUT2D eigenvalue weighted by Gasteiger charge is -2.26. The Labute approximate surface area is 133 Å². The number of hydrogen-bond donors (Lipinski definition) is 3. The third-order valence-corrected chi connectivity index (χ3v) is 4.93. The fraction of sp³-hybridized carbons (Fsp3) is 0.882. The quantitative estimate of drug-likeness (QED) is 0.639. The van der Waals surface area contributed by atoms with Gasteiger partial charge in [-0.2, -0.15) is 0 Å². The summed E-state index contributed by atoms with van der Waals surface area (Å²) in [6, 6.07) is -0.640. The smallest absolute Gasteiger partial charge is 0.245 e. The number of rotatable bonds is 8. The first kappa shape index (κ1) is 17.3. The van der Waals surface area contributed by atoms with E-state index in [1.54, 1.807) is 6.92 Å². The monoisotopic (exact) mass is 310 g/mol. The van der Waals surface area contributed by atoms with E-state index >= 15 is 0 Å². The number of amides is 2. The number of hydrogen-bond acceptors (Lipinski definition) is 3. The SMILES string of the molecule is CCCCC1CCCC1NC(=O)C(NC(=O)C1CC1)C(C)O. The van der Waals surface area contributed by atoms with Crippen molar-refractivity contribution in [2.24, 2.45) is 11.8 Å². The van der Waals surface area contributed by atoms with E-state index in [1.165, 1.54) is 19.3 Å². The van der Waals surface area contributed by atoms with Crippen LogP contribution in [0.3, 0.4) is 0 Å². The van der Waals surface area contributed by atoms with E-state index in [2.05, 4.69) is 17.6 Å². The van der Waals surface area contributed by atoms with Gasteiger partial charge in [0.15, 0.2) is 0 Å². The molecule has 0 heterocycles. The van der Waals surface area contributed by atoms with Crippen LogP contribution in [-0.4, -0.2) is 35.1 Å². The molecule has 5 heteroatoms. The van der Waals surface area contributed by atoms with Crippen LogP contribution in [0.25, 0.3) is 0 Å². The standard InChI is InChI=1S/C17H30N2O3/c1-3-4-6-12-7-5-8-14(12)18-17(22)15(11(2)20)19-16(21)13-9-10-13/h11-15,20H,3-10H2,1-2H3,(H,18,22)(H,19,21). The molecule has 2 rings (SSSR count). The molecule has 3 N–H and O–H groups in total. The molecular weight excluding hydrogens is 280 g/mol. The van der Waals surface area contributed by atoms with Crippen LogP contribution in [0.2, 0.25) is 0 Å². The minimum absolute atomic E-state index is 0.0397. The van der Waals surface area contributed by atoms with Crippen molar-refractivity contribution in [3.05, 3.63) is 0 Å². The minimum atomic E-state index is -0.877. The van der Waals surface area contributed by atoms with Gasteiger partial charge in [0.25, 0.3) is 0 Å². The molecular formula is C17H30N2O3. The van der Waals surface area contributed by atoms with Crippen molar-refractivity contribution in [2.45, 2.75) is 83.4 Å². The summed E-state index contributed by atoms with van der Waals surface area (Å²) in [4.78, 5) is 24.3. The molecule has 2 fully saturated rings. The van der Waals surface area contributed by atoms with E-state index in [0.29, 0.717) is 5.92 Å². The number of carbonyl (C=O) groups is 2. The second kappa shape index (κ2) is 7.95. The Hall–Kier alpha value is -1.10. The Morgan fingerprint density at radius 3 is 2.55 bits per heavy atom. The molecule has 0 saturated heterocycles. The zero-order valence-corrected chi connectivity index (χ0v) is 13.8. The highest BCUT2D eigenvalue weighted by Gasteiger charge is 2.36. The average molecular weight is 310 g/mol. The fourth-order valence-electron chi connectivity index (χ4n) is 3.33. The average Bonchev–Trinajstić information content (AvgIpc) is 3.24. The second-order valence-corrected chi connectivity index (χ2v) is 6.95. The highest BCUT2D eigenvalue weighted by atomic mass is 16.3. The molecule has 22 heavy (non-hydrogen) atoms. The Kier molecular flexibility index (Phi) is 6.24. The van der Waals surface area contributed by atoms with Crippen molar-refractivity contribution in [3.8, 4) is 0 Å². The van der Waals surface area contributed by atoms with Crippen LogP contribution in [0.5, 0.6) is 0 Å². The van der Waals surface area contributed by atoms with Gasteiger partial charge in [0.1, 0.15) is 6.04 Å². The van der Waals surface area contributed by atoms with Crippen molar-refractivity contribution >= 4 is 11.8 Å². The van der Waals surface area contributed by atoms with E-state index in [9.17, 15) is 14.7 Å². The maximum atomic E-state index is 12.5. The number of unbranched alkanes of at least 4 members (excludes halogenated alkanes) is 1. The van der Waals surface area contributed by atoms with Crippen LogP contribution in [-0.2, 0) is 9.59 Å². The second-order valence-electron chi connectivity index (χ2n) is 6.95.